The summed E-state index contributed by atoms with van der Waals surface area (Å²) in [5.74, 6) is -0.0261. The van der Waals surface area contributed by atoms with Gasteiger partial charge in [-0.05, 0) is 24.8 Å². The largest absolute Gasteiger partial charge is 0.381 e. The average molecular weight is 313 g/mol. The second-order valence-electron chi connectivity index (χ2n) is 5.33. The van der Waals surface area contributed by atoms with Crippen molar-refractivity contribution in [3.63, 3.8) is 0 Å². The number of nitrogens with two attached hydrogens (primary N) is 1. The Bertz CT molecular complexity index is 381. The first-order valence-corrected chi connectivity index (χ1v) is 7.63. The van der Waals surface area contributed by atoms with Crippen LogP contribution in [0.5, 0.6) is 0 Å². The van der Waals surface area contributed by atoms with E-state index in [9.17, 15) is 9.59 Å². The fourth-order valence-corrected chi connectivity index (χ4v) is 1.79. The van der Waals surface area contributed by atoms with Crippen LogP contribution >= 0.6 is 0 Å². The summed E-state index contributed by atoms with van der Waals surface area (Å²) < 4.78 is 5.13. The van der Waals surface area contributed by atoms with Gasteiger partial charge in [0, 0.05) is 30.3 Å². The number of ether oxygens (including phenoxy) is 1. The Hall–Kier alpha value is -1.63. The van der Waals surface area contributed by atoms with Crippen LogP contribution in [0.25, 0.3) is 10.4 Å². The van der Waals surface area contributed by atoms with E-state index in [-0.39, 0.29) is 30.6 Å². The van der Waals surface area contributed by atoms with Crippen molar-refractivity contribution in [1.82, 2.24) is 5.32 Å². The number of amides is 1. The third-order valence-electron chi connectivity index (χ3n) is 3.07. The Morgan fingerprint density at radius 3 is 2.68 bits per heavy atom. The minimum absolute atomic E-state index is 0.0337. The summed E-state index contributed by atoms with van der Waals surface area (Å²) in [5.41, 5.74) is 13.8. The van der Waals surface area contributed by atoms with Gasteiger partial charge in [0.05, 0.1) is 19.3 Å². The molecule has 1 unspecified atom stereocenters. The third-order valence-corrected chi connectivity index (χ3v) is 3.07. The predicted octanol–water partition coefficient (Wildman–Crippen LogP) is 1.54. The normalized spacial score (nSPS) is 11.8. The number of Topliss-reactive ketones (excluding diaryl/α,β-unsaturated/α-hetero) is 1. The topological polar surface area (TPSA) is 130 Å². The zero-order valence-electron chi connectivity index (χ0n) is 13.5. The van der Waals surface area contributed by atoms with Gasteiger partial charge in [0.15, 0.2) is 5.78 Å². The molecule has 8 heteroatoms. The molecule has 0 fully saturated rings. The number of hydrogen-bond donors (Lipinski definition) is 2. The molecule has 126 valence electrons. The number of ketones is 1. The summed E-state index contributed by atoms with van der Waals surface area (Å²) in [6.45, 7) is 5.15. The molecule has 0 aliphatic carbocycles. The summed E-state index contributed by atoms with van der Waals surface area (Å²) in [4.78, 5) is 25.7. The Kier molecular flexibility index (Phi) is 12.1. The second kappa shape index (κ2) is 13.1. The number of rotatable bonds is 13. The summed E-state index contributed by atoms with van der Waals surface area (Å²) >= 11 is 0. The summed E-state index contributed by atoms with van der Waals surface area (Å²) in [6.07, 6.45) is 2.53. The van der Waals surface area contributed by atoms with Gasteiger partial charge in [-0.2, -0.15) is 0 Å². The van der Waals surface area contributed by atoms with Crippen molar-refractivity contribution < 1.29 is 14.3 Å². The lowest BCUT2D eigenvalue weighted by Gasteiger charge is -2.12. The van der Waals surface area contributed by atoms with Crippen LogP contribution in [0.1, 0.15) is 39.5 Å². The average Bonchev–Trinajstić information content (AvgIpc) is 2.49. The minimum Gasteiger partial charge on any atom is -0.381 e. The quantitative estimate of drug-likeness (QED) is 0.231. The SMILES string of the molecule is CC(C)C(=O)C(N)CCCCNC(=O)CCOCCN=[N+]=[N-]. The molecule has 0 radical (unpaired) electrons. The lowest BCUT2D eigenvalue weighted by atomic mass is 9.98. The number of carbonyl (C=O) groups is 2. The van der Waals surface area contributed by atoms with Crippen molar-refractivity contribution in [2.24, 2.45) is 16.8 Å². The first-order valence-electron chi connectivity index (χ1n) is 7.63. The Morgan fingerprint density at radius 2 is 2.05 bits per heavy atom. The molecule has 1 atom stereocenters. The maximum Gasteiger partial charge on any atom is 0.222 e. The zero-order valence-corrected chi connectivity index (χ0v) is 13.5. The third kappa shape index (κ3) is 11.1. The molecule has 0 aromatic carbocycles. The van der Waals surface area contributed by atoms with Crippen LogP contribution in [0.4, 0.5) is 0 Å². The smallest absolute Gasteiger partial charge is 0.222 e. The first kappa shape index (κ1) is 20.4. The molecule has 22 heavy (non-hydrogen) atoms. The number of azide groups is 1. The highest BCUT2D eigenvalue weighted by atomic mass is 16.5. The molecule has 0 spiro atoms. The van der Waals surface area contributed by atoms with Gasteiger partial charge in [0.2, 0.25) is 5.91 Å². The second-order valence-corrected chi connectivity index (χ2v) is 5.33. The maximum atomic E-state index is 11.6. The van der Waals surface area contributed by atoms with Gasteiger partial charge in [-0.1, -0.05) is 19.0 Å². The summed E-state index contributed by atoms with van der Waals surface area (Å²) in [7, 11) is 0. The molecular formula is C14H27N5O3. The van der Waals surface area contributed by atoms with Gasteiger partial charge < -0.3 is 15.8 Å². The van der Waals surface area contributed by atoms with E-state index in [1.165, 1.54) is 0 Å². The number of hydrogen-bond acceptors (Lipinski definition) is 5. The Balaban J connectivity index is 3.49. The van der Waals surface area contributed by atoms with Crippen LogP contribution in [0.3, 0.4) is 0 Å². The minimum atomic E-state index is -0.403. The molecule has 0 bridgehead atoms. The first-order chi connectivity index (χ1) is 10.5. The van der Waals surface area contributed by atoms with E-state index in [1.807, 2.05) is 13.8 Å². The lowest BCUT2D eigenvalue weighted by molar-refractivity contribution is -0.123. The highest BCUT2D eigenvalue weighted by Crippen LogP contribution is 2.05. The van der Waals surface area contributed by atoms with Crippen LogP contribution in [-0.2, 0) is 14.3 Å². The fraction of sp³-hybridized carbons (Fsp3) is 0.857. The van der Waals surface area contributed by atoms with Gasteiger partial charge in [-0.3, -0.25) is 9.59 Å². The molecule has 3 N–H and O–H groups in total. The molecule has 8 nitrogen and oxygen atoms in total. The van der Waals surface area contributed by atoms with Gasteiger partial charge in [0.1, 0.15) is 0 Å². The van der Waals surface area contributed by atoms with E-state index < -0.39 is 6.04 Å². The number of carbonyl (C=O) groups excluding carboxylic acids is 2. The summed E-state index contributed by atoms with van der Waals surface area (Å²) in [5, 5.41) is 6.10. The monoisotopic (exact) mass is 313 g/mol. The molecular weight excluding hydrogens is 286 g/mol. The van der Waals surface area contributed by atoms with E-state index in [4.69, 9.17) is 16.0 Å². The number of nitrogens with zero attached hydrogens (tertiary/aromatic N) is 3. The van der Waals surface area contributed by atoms with Crippen molar-refractivity contribution in [3.05, 3.63) is 10.4 Å². The van der Waals surface area contributed by atoms with Gasteiger partial charge in [-0.25, -0.2) is 0 Å². The van der Waals surface area contributed by atoms with Crippen molar-refractivity contribution in [1.29, 1.82) is 0 Å². The zero-order chi connectivity index (χ0) is 16.8. The van der Waals surface area contributed by atoms with Crippen molar-refractivity contribution >= 4 is 11.7 Å². The van der Waals surface area contributed by atoms with E-state index in [1.54, 1.807) is 0 Å². The molecule has 0 saturated carbocycles. The fourth-order valence-electron chi connectivity index (χ4n) is 1.79. The van der Waals surface area contributed by atoms with Crippen LogP contribution in [0.2, 0.25) is 0 Å². The van der Waals surface area contributed by atoms with E-state index in [0.29, 0.717) is 26.2 Å². The van der Waals surface area contributed by atoms with Crippen molar-refractivity contribution in [2.45, 2.75) is 45.6 Å². The standard InChI is InChI=1S/C14H27N5O3/c1-11(2)14(21)12(15)5-3-4-7-17-13(20)6-9-22-10-8-18-19-16/h11-12H,3-10,15H2,1-2H3,(H,17,20). The molecule has 0 aliphatic rings. The highest BCUT2D eigenvalue weighted by Gasteiger charge is 2.16. The predicted molar refractivity (Wildman–Crippen MR) is 84.1 cm³/mol. The van der Waals surface area contributed by atoms with Gasteiger partial charge >= 0.3 is 0 Å². The van der Waals surface area contributed by atoms with Crippen LogP contribution in [-0.4, -0.2) is 44.0 Å². The number of nitrogens with one attached hydrogen (secondary N) is 1. The summed E-state index contributed by atoms with van der Waals surface area (Å²) in [6, 6.07) is -0.403. The molecule has 1 amide bonds. The molecule has 0 aromatic heterocycles. The maximum absolute atomic E-state index is 11.6. The number of unbranched alkanes of at least 4 members (excludes halogenated alkanes) is 1. The van der Waals surface area contributed by atoms with Gasteiger partial charge in [-0.15, -0.1) is 0 Å². The molecule has 0 aromatic rings. The van der Waals surface area contributed by atoms with Crippen molar-refractivity contribution in [3.8, 4) is 0 Å². The highest BCUT2D eigenvalue weighted by molar-refractivity contribution is 5.85. The van der Waals surface area contributed by atoms with Crippen LogP contribution in [0.15, 0.2) is 5.11 Å². The van der Waals surface area contributed by atoms with E-state index >= 15 is 0 Å². The van der Waals surface area contributed by atoms with E-state index in [0.717, 1.165) is 12.8 Å². The molecule has 0 saturated heterocycles. The van der Waals surface area contributed by atoms with Gasteiger partial charge in [0.25, 0.3) is 0 Å². The Labute approximate surface area is 131 Å². The van der Waals surface area contributed by atoms with Crippen LogP contribution < -0.4 is 11.1 Å². The van der Waals surface area contributed by atoms with Crippen molar-refractivity contribution in [2.75, 3.05) is 26.3 Å². The molecule has 0 heterocycles. The molecule has 0 rings (SSSR count). The van der Waals surface area contributed by atoms with E-state index in [2.05, 4.69) is 15.3 Å². The lowest BCUT2D eigenvalue weighted by Crippen LogP contribution is -2.34. The molecule has 0 aliphatic heterocycles. The Morgan fingerprint density at radius 1 is 1.32 bits per heavy atom. The van der Waals surface area contributed by atoms with Crippen LogP contribution in [0, 0.1) is 5.92 Å².